The Morgan fingerprint density at radius 1 is 1.07 bits per heavy atom. The molecule has 0 aliphatic carbocycles. The van der Waals surface area contributed by atoms with Crippen LogP contribution in [0.2, 0.25) is 0 Å². The van der Waals surface area contributed by atoms with E-state index in [1.807, 2.05) is 30.3 Å². The molecule has 1 aromatic heterocycles. The van der Waals surface area contributed by atoms with E-state index >= 15 is 0 Å². The fourth-order valence-corrected chi connectivity index (χ4v) is 3.44. The smallest absolute Gasteiger partial charge is 0.241 e. The molecule has 4 rings (SSSR count). The topological polar surface area (TPSA) is 63.5 Å². The number of nitrogens with one attached hydrogen (secondary N) is 2. The lowest BCUT2D eigenvalue weighted by Gasteiger charge is -2.16. The average Bonchev–Trinajstić information content (AvgIpc) is 3.11. The van der Waals surface area contributed by atoms with Crippen molar-refractivity contribution in [1.82, 2.24) is 5.32 Å². The Balaban J connectivity index is 1.44. The summed E-state index contributed by atoms with van der Waals surface area (Å²) in [6.07, 6.45) is 0.701. The second kappa shape index (κ2) is 8.55. The molecule has 4 aromatic rings. The van der Waals surface area contributed by atoms with Crippen LogP contribution in [0.4, 0.5) is 10.1 Å². The van der Waals surface area contributed by atoms with Crippen molar-refractivity contribution < 1.29 is 18.3 Å². The number of hydrogen-bond acceptors (Lipinski definition) is 4. The summed E-state index contributed by atoms with van der Waals surface area (Å²) in [5, 5.41) is 8.05. The molecule has 0 saturated heterocycles. The quantitative estimate of drug-likeness (QED) is 0.459. The number of halogens is 1. The number of anilines is 1. The molecular weight excluding hydrogens is 383 g/mol. The van der Waals surface area contributed by atoms with Crippen LogP contribution in [0.1, 0.15) is 12.5 Å². The summed E-state index contributed by atoms with van der Waals surface area (Å²) in [5.74, 6) is 0.138. The molecule has 2 N–H and O–H groups in total. The molecule has 1 heterocycles. The van der Waals surface area contributed by atoms with Crippen LogP contribution in [-0.4, -0.2) is 25.6 Å². The monoisotopic (exact) mass is 406 g/mol. The maximum Gasteiger partial charge on any atom is 0.241 e. The molecule has 0 fully saturated rings. The van der Waals surface area contributed by atoms with Crippen molar-refractivity contribution in [2.24, 2.45) is 0 Å². The molecule has 0 unspecified atom stereocenters. The first-order valence-corrected chi connectivity index (χ1v) is 9.83. The maximum absolute atomic E-state index is 13.0. The third kappa shape index (κ3) is 4.14. The van der Waals surface area contributed by atoms with Crippen LogP contribution < -0.4 is 15.4 Å². The molecule has 3 aromatic carbocycles. The molecule has 0 aliphatic rings. The van der Waals surface area contributed by atoms with E-state index in [-0.39, 0.29) is 11.7 Å². The molecule has 0 saturated carbocycles. The summed E-state index contributed by atoms with van der Waals surface area (Å²) in [5.41, 5.74) is 3.04. The first-order valence-electron chi connectivity index (χ1n) is 9.83. The van der Waals surface area contributed by atoms with Crippen molar-refractivity contribution >= 4 is 33.5 Å². The SMILES string of the molecule is COc1cc2c(cc1NC(=O)[C@@H](C)NCCc1ccc(F)cc1)oc1ccccc12. The van der Waals surface area contributed by atoms with Crippen LogP contribution in [0.5, 0.6) is 5.75 Å². The van der Waals surface area contributed by atoms with Gasteiger partial charge in [-0.15, -0.1) is 0 Å². The summed E-state index contributed by atoms with van der Waals surface area (Å²) in [6.45, 7) is 2.39. The molecule has 1 amide bonds. The molecule has 154 valence electrons. The highest BCUT2D eigenvalue weighted by Crippen LogP contribution is 2.36. The van der Waals surface area contributed by atoms with Gasteiger partial charge in [0, 0.05) is 16.8 Å². The molecule has 6 heteroatoms. The van der Waals surface area contributed by atoms with Gasteiger partial charge in [-0.3, -0.25) is 4.79 Å². The van der Waals surface area contributed by atoms with Crippen LogP contribution in [0.25, 0.3) is 21.9 Å². The average molecular weight is 406 g/mol. The first-order chi connectivity index (χ1) is 14.5. The maximum atomic E-state index is 13.0. The van der Waals surface area contributed by atoms with E-state index < -0.39 is 6.04 Å². The molecule has 0 radical (unpaired) electrons. The van der Waals surface area contributed by atoms with Crippen molar-refractivity contribution in [2.45, 2.75) is 19.4 Å². The van der Waals surface area contributed by atoms with E-state index in [0.717, 1.165) is 21.9 Å². The van der Waals surface area contributed by atoms with Gasteiger partial charge >= 0.3 is 0 Å². The number of benzene rings is 3. The summed E-state index contributed by atoms with van der Waals surface area (Å²) >= 11 is 0. The van der Waals surface area contributed by atoms with Gasteiger partial charge in [-0.1, -0.05) is 30.3 Å². The van der Waals surface area contributed by atoms with E-state index in [4.69, 9.17) is 9.15 Å². The molecule has 0 aliphatic heterocycles. The fraction of sp³-hybridized carbons (Fsp3) is 0.208. The summed E-state index contributed by atoms with van der Waals surface area (Å²) in [7, 11) is 1.57. The van der Waals surface area contributed by atoms with E-state index in [1.54, 1.807) is 32.2 Å². The minimum atomic E-state index is -0.415. The number of rotatable bonds is 7. The lowest BCUT2D eigenvalue weighted by molar-refractivity contribution is -0.117. The van der Waals surface area contributed by atoms with E-state index in [9.17, 15) is 9.18 Å². The molecule has 1 atom stereocenters. The standard InChI is InChI=1S/C24H23FN2O3/c1-15(26-12-11-16-7-9-17(25)10-8-16)24(28)27-20-14-22-19(13-23(20)29-2)18-5-3-4-6-21(18)30-22/h3-10,13-15,26H,11-12H2,1-2H3,(H,27,28)/t15-/m1/s1. The Morgan fingerprint density at radius 2 is 1.83 bits per heavy atom. The zero-order valence-electron chi connectivity index (χ0n) is 16.9. The highest BCUT2D eigenvalue weighted by molar-refractivity contribution is 6.08. The third-order valence-corrected chi connectivity index (χ3v) is 5.13. The largest absolute Gasteiger partial charge is 0.495 e. The Morgan fingerprint density at radius 3 is 2.60 bits per heavy atom. The van der Waals surface area contributed by atoms with Crippen LogP contribution in [-0.2, 0) is 11.2 Å². The van der Waals surface area contributed by atoms with Gasteiger partial charge in [-0.2, -0.15) is 0 Å². The van der Waals surface area contributed by atoms with Crippen LogP contribution in [0.15, 0.2) is 65.1 Å². The third-order valence-electron chi connectivity index (χ3n) is 5.13. The van der Waals surface area contributed by atoms with E-state index in [1.165, 1.54) is 12.1 Å². The number of amides is 1. The molecule has 0 spiro atoms. The highest BCUT2D eigenvalue weighted by atomic mass is 19.1. The van der Waals surface area contributed by atoms with E-state index in [0.29, 0.717) is 30.0 Å². The van der Waals surface area contributed by atoms with Gasteiger partial charge in [0.05, 0.1) is 18.8 Å². The summed E-state index contributed by atoms with van der Waals surface area (Å²) in [4.78, 5) is 12.7. The lowest BCUT2D eigenvalue weighted by Crippen LogP contribution is -2.39. The van der Waals surface area contributed by atoms with Crippen molar-refractivity contribution in [3.05, 3.63) is 72.0 Å². The zero-order chi connectivity index (χ0) is 21.1. The van der Waals surface area contributed by atoms with Crippen LogP contribution >= 0.6 is 0 Å². The van der Waals surface area contributed by atoms with Gasteiger partial charge in [0.1, 0.15) is 22.7 Å². The van der Waals surface area contributed by atoms with Gasteiger partial charge in [0.25, 0.3) is 0 Å². The van der Waals surface area contributed by atoms with E-state index in [2.05, 4.69) is 10.6 Å². The number of fused-ring (bicyclic) bond motifs is 3. The molecule has 30 heavy (non-hydrogen) atoms. The molecular formula is C24H23FN2O3. The zero-order valence-corrected chi connectivity index (χ0v) is 16.9. The number of methoxy groups -OCH3 is 1. The van der Waals surface area contributed by atoms with Gasteiger partial charge in [-0.05, 0) is 49.7 Å². The van der Waals surface area contributed by atoms with Gasteiger partial charge in [0.2, 0.25) is 5.91 Å². The predicted molar refractivity (Wildman–Crippen MR) is 116 cm³/mol. The molecule has 0 bridgehead atoms. The highest BCUT2D eigenvalue weighted by Gasteiger charge is 2.17. The minimum absolute atomic E-state index is 0.178. The Hall–Kier alpha value is -3.38. The van der Waals surface area contributed by atoms with Crippen molar-refractivity contribution in [3.8, 4) is 5.75 Å². The summed E-state index contributed by atoms with van der Waals surface area (Å²) < 4.78 is 24.4. The fourth-order valence-electron chi connectivity index (χ4n) is 3.44. The minimum Gasteiger partial charge on any atom is -0.495 e. The molecule has 5 nitrogen and oxygen atoms in total. The number of para-hydroxylation sites is 1. The van der Waals surface area contributed by atoms with Gasteiger partial charge < -0.3 is 19.8 Å². The van der Waals surface area contributed by atoms with Crippen molar-refractivity contribution in [2.75, 3.05) is 19.0 Å². The van der Waals surface area contributed by atoms with Crippen molar-refractivity contribution in [1.29, 1.82) is 0 Å². The summed E-state index contributed by atoms with van der Waals surface area (Å²) in [6, 6.07) is 17.4. The normalized spacial score (nSPS) is 12.2. The number of furan rings is 1. The van der Waals surface area contributed by atoms with Crippen LogP contribution in [0, 0.1) is 5.82 Å². The number of carbonyl (C=O) groups is 1. The lowest BCUT2D eigenvalue weighted by atomic mass is 10.1. The number of ether oxygens (including phenoxy) is 1. The van der Waals surface area contributed by atoms with Gasteiger partial charge in [-0.25, -0.2) is 4.39 Å². The Kier molecular flexibility index (Phi) is 5.68. The van der Waals surface area contributed by atoms with Gasteiger partial charge in [0.15, 0.2) is 0 Å². The van der Waals surface area contributed by atoms with Crippen LogP contribution in [0.3, 0.4) is 0 Å². The van der Waals surface area contributed by atoms with Crippen molar-refractivity contribution in [3.63, 3.8) is 0 Å². The Labute approximate surface area is 173 Å². The Bertz CT molecular complexity index is 1180. The number of carbonyl (C=O) groups excluding carboxylic acids is 1. The second-order valence-electron chi connectivity index (χ2n) is 7.19. The second-order valence-corrected chi connectivity index (χ2v) is 7.19. The first kappa shape index (κ1) is 19.9. The predicted octanol–water partition coefficient (Wildman–Crippen LogP) is 4.89. The number of hydrogen-bond donors (Lipinski definition) is 2.